The van der Waals surface area contributed by atoms with Crippen LogP contribution in [0.2, 0.25) is 0 Å². The highest BCUT2D eigenvalue weighted by Crippen LogP contribution is 2.05. The second kappa shape index (κ2) is 27.4. The fourth-order valence-corrected chi connectivity index (χ4v) is 3.18. The number of nitrogens with one attached hydrogen (secondary N) is 3. The molecular weight excluding hydrogens is 576 g/mol. The van der Waals surface area contributed by atoms with E-state index in [1.54, 1.807) is 0 Å². The molecule has 3 saturated heterocycles. The van der Waals surface area contributed by atoms with Crippen LogP contribution in [-0.4, -0.2) is 123 Å². The van der Waals surface area contributed by atoms with Crippen LogP contribution >= 0.6 is 0 Å². The van der Waals surface area contributed by atoms with Crippen molar-refractivity contribution in [3.63, 3.8) is 0 Å². The van der Waals surface area contributed by atoms with E-state index in [4.69, 9.17) is 36.4 Å². The maximum absolute atomic E-state index is 10.2. The minimum Gasteiger partial charge on any atom is -0.480 e. The van der Waals surface area contributed by atoms with E-state index in [-0.39, 0.29) is 37.1 Å². The first kappa shape index (κ1) is 44.0. The Morgan fingerprint density at radius 1 is 0.651 bits per heavy atom. The van der Waals surface area contributed by atoms with Gasteiger partial charge in [0.1, 0.15) is 24.2 Å². The molecule has 43 heavy (non-hydrogen) atoms. The predicted octanol–water partition coefficient (Wildman–Crippen LogP) is -2.03. The largest absolute Gasteiger partial charge is 0.480 e. The highest BCUT2D eigenvalue weighted by molar-refractivity contribution is 5.74. The maximum Gasteiger partial charge on any atom is 0.320 e. The van der Waals surface area contributed by atoms with Gasteiger partial charge in [-0.15, -0.1) is 0 Å². The van der Waals surface area contributed by atoms with Gasteiger partial charge in [0, 0.05) is 0 Å². The number of carbonyl (C=O) groups is 6. The van der Waals surface area contributed by atoms with Crippen molar-refractivity contribution < 1.29 is 59.4 Å². The van der Waals surface area contributed by atoms with E-state index < -0.39 is 41.9 Å². The predicted molar refractivity (Wildman–Crippen MR) is 154 cm³/mol. The summed E-state index contributed by atoms with van der Waals surface area (Å²) in [5.41, 5.74) is 14.4. The van der Waals surface area contributed by atoms with Gasteiger partial charge < -0.3 is 63.8 Å². The number of carboxylic acids is 6. The minimum atomic E-state index is -0.968. The summed E-state index contributed by atoms with van der Waals surface area (Å²) >= 11 is 0. The van der Waals surface area contributed by atoms with E-state index in [2.05, 4.69) is 27.4 Å². The smallest absolute Gasteiger partial charge is 0.320 e. The molecule has 18 nitrogen and oxygen atoms in total. The quantitative estimate of drug-likeness (QED) is 0.138. The van der Waals surface area contributed by atoms with Crippen LogP contribution in [0.3, 0.4) is 0 Å². The van der Waals surface area contributed by atoms with Gasteiger partial charge in [-0.2, -0.15) is 0 Å². The average molecular weight is 627 g/mol. The molecule has 0 unspecified atom stereocenters. The first-order valence-corrected chi connectivity index (χ1v) is 13.8. The molecule has 252 valence electrons. The lowest BCUT2D eigenvalue weighted by atomic mass is 10.0. The standard InChI is InChI=1S/C6H13NO2.3C5H9NO2.2C2H5NO2/c1-3-4(2)5(7)6(8)9;3*7-5(8)4-2-1-3-6-4;2*3-1-2(4)5/h4-5H,3,7H2,1-2H3,(H,8,9);3*4,6H,1-3H2,(H,7,8);2*1,3H2,(H,4,5)/t4-,5-;3*4-;;/m0000../s1. The van der Waals surface area contributed by atoms with Crippen LogP contribution in [0.4, 0.5) is 0 Å². The number of hydrogen-bond donors (Lipinski definition) is 12. The summed E-state index contributed by atoms with van der Waals surface area (Å²) in [5, 5.41) is 57.2. The molecule has 0 spiro atoms. The van der Waals surface area contributed by atoms with E-state index in [1.165, 1.54) is 0 Å². The van der Waals surface area contributed by atoms with E-state index in [9.17, 15) is 28.8 Å². The lowest BCUT2D eigenvalue weighted by Gasteiger charge is -2.11. The normalized spacial score (nSPS) is 21.0. The molecule has 0 amide bonds. The summed E-state index contributed by atoms with van der Waals surface area (Å²) in [6.45, 7) is 5.77. The molecular formula is C25H50N6O12. The third-order valence-corrected chi connectivity index (χ3v) is 5.97. The van der Waals surface area contributed by atoms with Crippen LogP contribution in [0.1, 0.15) is 58.8 Å². The Labute approximate surface area is 250 Å². The monoisotopic (exact) mass is 626 g/mol. The van der Waals surface area contributed by atoms with Gasteiger partial charge in [-0.05, 0) is 64.1 Å². The van der Waals surface area contributed by atoms with Crippen LogP contribution in [0.5, 0.6) is 0 Å². The summed E-state index contributed by atoms with van der Waals surface area (Å²) in [4.78, 5) is 59.1. The maximum atomic E-state index is 10.2. The molecule has 3 aliphatic heterocycles. The average Bonchev–Trinajstić information content (AvgIpc) is 3.77. The summed E-state index contributed by atoms with van der Waals surface area (Å²) in [6.07, 6.45) is 6.17. The fraction of sp³-hybridized carbons (Fsp3) is 0.760. The Balaban J connectivity index is -0.000000453. The van der Waals surface area contributed by atoms with Crippen molar-refractivity contribution in [3.05, 3.63) is 0 Å². The van der Waals surface area contributed by atoms with Crippen molar-refractivity contribution in [2.24, 2.45) is 23.1 Å². The van der Waals surface area contributed by atoms with Gasteiger partial charge in [0.25, 0.3) is 0 Å². The van der Waals surface area contributed by atoms with Crippen LogP contribution < -0.4 is 33.2 Å². The molecule has 0 aromatic carbocycles. The van der Waals surface area contributed by atoms with Gasteiger partial charge in [-0.25, -0.2) is 0 Å². The summed E-state index contributed by atoms with van der Waals surface area (Å²) in [6, 6.07) is -1.50. The molecule has 0 aromatic rings. The molecule has 3 fully saturated rings. The number of rotatable bonds is 8. The first-order valence-electron chi connectivity index (χ1n) is 13.8. The fourth-order valence-electron chi connectivity index (χ4n) is 3.18. The molecule has 18 heteroatoms. The molecule has 0 aliphatic carbocycles. The van der Waals surface area contributed by atoms with Gasteiger partial charge >= 0.3 is 35.8 Å². The number of aliphatic carboxylic acids is 6. The SMILES string of the molecule is CC[C@H](C)[C@H](N)C(=O)O.NCC(=O)O.NCC(=O)O.O=C(O)[C@@H]1CCCN1.O=C(O)[C@@H]1CCCN1.O=C(O)[C@@H]1CCCN1. The van der Waals surface area contributed by atoms with Crippen molar-refractivity contribution in [2.75, 3.05) is 32.7 Å². The Morgan fingerprint density at radius 3 is 0.977 bits per heavy atom. The highest BCUT2D eigenvalue weighted by Gasteiger charge is 2.21. The number of hydrogen-bond acceptors (Lipinski definition) is 12. The molecule has 15 N–H and O–H groups in total. The van der Waals surface area contributed by atoms with Gasteiger partial charge in [0.15, 0.2) is 0 Å². The van der Waals surface area contributed by atoms with Gasteiger partial charge in [0.05, 0.1) is 13.1 Å². The molecule has 3 heterocycles. The third-order valence-electron chi connectivity index (χ3n) is 5.97. The van der Waals surface area contributed by atoms with Gasteiger partial charge in [-0.3, -0.25) is 28.8 Å². The Morgan fingerprint density at radius 2 is 0.907 bits per heavy atom. The molecule has 0 aromatic heterocycles. The summed E-state index contributed by atoms with van der Waals surface area (Å²) in [7, 11) is 0. The molecule has 0 bridgehead atoms. The molecule has 3 rings (SSSR count). The van der Waals surface area contributed by atoms with Crippen molar-refractivity contribution in [1.29, 1.82) is 0 Å². The zero-order valence-electron chi connectivity index (χ0n) is 24.7. The summed E-state index contributed by atoms with van der Waals surface area (Å²) < 4.78 is 0. The molecule has 5 atom stereocenters. The van der Waals surface area contributed by atoms with Gasteiger partial charge in [0.2, 0.25) is 0 Å². The lowest BCUT2D eigenvalue weighted by molar-refractivity contribution is -0.140. The van der Waals surface area contributed by atoms with E-state index in [0.717, 1.165) is 64.6 Å². The second-order valence-electron chi connectivity index (χ2n) is 9.41. The van der Waals surface area contributed by atoms with E-state index in [0.29, 0.717) is 0 Å². The topological polar surface area (TPSA) is 338 Å². The zero-order chi connectivity index (χ0) is 34.0. The summed E-state index contributed by atoms with van der Waals surface area (Å²) in [5.74, 6) is -4.94. The number of carboxylic acid groups (broad SMARTS) is 6. The molecule has 3 aliphatic rings. The van der Waals surface area contributed by atoms with Crippen LogP contribution in [0.15, 0.2) is 0 Å². The Kier molecular flexibility index (Phi) is 28.1. The van der Waals surface area contributed by atoms with Gasteiger partial charge in [-0.1, -0.05) is 20.3 Å². The first-order chi connectivity index (χ1) is 20.0. The van der Waals surface area contributed by atoms with Crippen molar-refractivity contribution in [2.45, 2.75) is 83.0 Å². The van der Waals surface area contributed by atoms with E-state index in [1.807, 2.05) is 13.8 Å². The molecule has 0 saturated carbocycles. The number of nitrogens with two attached hydrogens (primary N) is 3. The zero-order valence-corrected chi connectivity index (χ0v) is 24.7. The minimum absolute atomic E-state index is 0.0718. The highest BCUT2D eigenvalue weighted by atomic mass is 16.4. The Hall–Kier alpha value is -3.42. The van der Waals surface area contributed by atoms with Crippen molar-refractivity contribution >= 4 is 35.8 Å². The van der Waals surface area contributed by atoms with Crippen molar-refractivity contribution in [1.82, 2.24) is 16.0 Å². The Bertz CT molecular complexity index is 739. The lowest BCUT2D eigenvalue weighted by Crippen LogP contribution is -2.36. The van der Waals surface area contributed by atoms with Crippen LogP contribution in [-0.2, 0) is 28.8 Å². The third kappa shape index (κ3) is 27.2. The van der Waals surface area contributed by atoms with Crippen LogP contribution in [0, 0.1) is 5.92 Å². The second-order valence-corrected chi connectivity index (χ2v) is 9.41. The van der Waals surface area contributed by atoms with Crippen LogP contribution in [0.25, 0.3) is 0 Å². The van der Waals surface area contributed by atoms with Crippen molar-refractivity contribution in [3.8, 4) is 0 Å². The van der Waals surface area contributed by atoms with E-state index >= 15 is 0 Å². The molecule has 0 radical (unpaired) electrons.